The number of ether oxygens (including phenoxy) is 1. The minimum atomic E-state index is -1.03. The van der Waals surface area contributed by atoms with Crippen molar-refractivity contribution in [3.8, 4) is 0 Å². The normalized spacial score (nSPS) is 26.5. The van der Waals surface area contributed by atoms with E-state index in [0.717, 1.165) is 12.8 Å². The van der Waals surface area contributed by atoms with Gasteiger partial charge in [-0.25, -0.2) is 0 Å². The van der Waals surface area contributed by atoms with Crippen LogP contribution in [0.15, 0.2) is 30.3 Å². The maximum atomic E-state index is 12.1. The van der Waals surface area contributed by atoms with Gasteiger partial charge in [0.1, 0.15) is 0 Å². The molecule has 2 rings (SSSR count). The van der Waals surface area contributed by atoms with Crippen molar-refractivity contribution in [2.24, 2.45) is 0 Å². The van der Waals surface area contributed by atoms with Crippen LogP contribution in [0, 0.1) is 0 Å². The summed E-state index contributed by atoms with van der Waals surface area (Å²) in [5.41, 5.74) is -1.03. The van der Waals surface area contributed by atoms with Crippen molar-refractivity contribution >= 4 is 14.7 Å². The molecule has 1 aliphatic heterocycles. The Morgan fingerprint density at radius 2 is 1.93 bits per heavy atom. The van der Waals surface area contributed by atoms with Crippen LogP contribution in [0.2, 0.25) is 0 Å². The molecule has 1 atom stereocenters. The Morgan fingerprint density at radius 1 is 1.20 bits per heavy atom. The van der Waals surface area contributed by atoms with Crippen LogP contribution in [-0.2, 0) is 4.74 Å². The topological polar surface area (TPSA) is 32.3 Å². The van der Waals surface area contributed by atoms with Crippen molar-refractivity contribution in [2.45, 2.75) is 24.7 Å². The van der Waals surface area contributed by atoms with Crippen molar-refractivity contribution in [1.29, 1.82) is 0 Å². The van der Waals surface area contributed by atoms with Crippen LogP contribution in [0.3, 0.4) is 0 Å². The average Bonchev–Trinajstić information content (AvgIpc) is 2.19. The van der Waals surface area contributed by atoms with Crippen LogP contribution in [0.1, 0.15) is 19.3 Å². The summed E-state index contributed by atoms with van der Waals surface area (Å²) < 4.78 is 5.38. The van der Waals surface area contributed by atoms with E-state index < -0.39 is 14.9 Å². The zero-order valence-electron chi connectivity index (χ0n) is 9.24. The van der Waals surface area contributed by atoms with Gasteiger partial charge in [0.15, 0.2) is 0 Å². The van der Waals surface area contributed by atoms with E-state index in [1.807, 2.05) is 30.3 Å². The standard InChI is InChI=1S/C11H15O2Si.Na/c12-11(8-4-5-9-13-11)14-10-6-2-1-3-7-10;/h1-3,6-7H,4-5,8-9,14H2;/q-1;+1. The molecule has 15 heavy (non-hydrogen) atoms. The van der Waals surface area contributed by atoms with E-state index in [-0.39, 0.29) is 29.6 Å². The molecule has 1 fully saturated rings. The molecule has 0 saturated carbocycles. The fraction of sp³-hybridized carbons (Fsp3) is 0.455. The third-order valence-electron chi connectivity index (χ3n) is 2.63. The van der Waals surface area contributed by atoms with E-state index >= 15 is 0 Å². The average molecular weight is 230 g/mol. The van der Waals surface area contributed by atoms with E-state index in [1.54, 1.807) is 0 Å². The molecule has 2 nitrogen and oxygen atoms in total. The third kappa shape index (κ3) is 4.02. The van der Waals surface area contributed by atoms with Gasteiger partial charge in [-0.15, -0.1) is 0 Å². The zero-order valence-corrected chi connectivity index (χ0v) is 12.7. The molecule has 0 bridgehead atoms. The van der Waals surface area contributed by atoms with Gasteiger partial charge in [-0.1, -0.05) is 41.9 Å². The summed E-state index contributed by atoms with van der Waals surface area (Å²) in [4.78, 5) is 0. The van der Waals surface area contributed by atoms with E-state index in [1.165, 1.54) is 5.19 Å². The Labute approximate surface area is 115 Å². The fourth-order valence-corrected chi connectivity index (χ4v) is 3.68. The van der Waals surface area contributed by atoms with Gasteiger partial charge in [-0.2, -0.15) is 0 Å². The molecule has 1 heterocycles. The van der Waals surface area contributed by atoms with Crippen LogP contribution < -0.4 is 39.9 Å². The van der Waals surface area contributed by atoms with Gasteiger partial charge in [0.2, 0.25) is 0 Å². The summed E-state index contributed by atoms with van der Waals surface area (Å²) in [5, 5.41) is 13.3. The molecule has 1 aromatic rings. The zero-order chi connectivity index (χ0) is 9.86. The largest absolute Gasteiger partial charge is 1.00 e. The number of hydrogen-bond acceptors (Lipinski definition) is 2. The van der Waals surface area contributed by atoms with E-state index in [2.05, 4.69) is 0 Å². The molecule has 1 aliphatic rings. The monoisotopic (exact) mass is 230 g/mol. The fourth-order valence-electron chi connectivity index (χ4n) is 1.87. The molecule has 1 aromatic carbocycles. The number of benzene rings is 1. The SMILES string of the molecule is [Na+].[O-]C1([SiH2]c2ccccc2)CCCCO1. The van der Waals surface area contributed by atoms with E-state index in [9.17, 15) is 5.11 Å². The molecular formula is C11H15NaO2Si. The van der Waals surface area contributed by atoms with E-state index in [4.69, 9.17) is 4.74 Å². The van der Waals surface area contributed by atoms with Gasteiger partial charge < -0.3 is 9.84 Å². The van der Waals surface area contributed by atoms with Gasteiger partial charge in [-0.3, -0.25) is 0 Å². The van der Waals surface area contributed by atoms with Gasteiger partial charge in [-0.05, 0) is 18.3 Å². The molecule has 0 radical (unpaired) electrons. The van der Waals surface area contributed by atoms with Crippen LogP contribution in [0.4, 0.5) is 0 Å². The molecule has 0 spiro atoms. The Hall–Kier alpha value is 0.357. The Bertz CT molecular complexity index is 286. The number of rotatable bonds is 2. The number of hydrogen-bond donors (Lipinski definition) is 0. The molecule has 0 aliphatic carbocycles. The molecule has 1 saturated heterocycles. The summed E-state index contributed by atoms with van der Waals surface area (Å²) in [5.74, 6) is 0. The first-order chi connectivity index (χ1) is 6.79. The Kier molecular flexibility index (Phi) is 5.53. The van der Waals surface area contributed by atoms with Crippen LogP contribution >= 0.6 is 0 Å². The predicted octanol–water partition coefficient (Wildman–Crippen LogP) is -3.30. The predicted molar refractivity (Wildman–Crippen MR) is 57.2 cm³/mol. The Morgan fingerprint density at radius 3 is 2.53 bits per heavy atom. The molecule has 76 valence electrons. The second-order valence-electron chi connectivity index (χ2n) is 3.88. The van der Waals surface area contributed by atoms with Gasteiger partial charge in [0.05, 0.1) is 9.52 Å². The second kappa shape index (κ2) is 6.18. The van der Waals surface area contributed by atoms with Crippen molar-refractivity contribution in [3.05, 3.63) is 30.3 Å². The molecule has 0 amide bonds. The third-order valence-corrected chi connectivity index (χ3v) is 4.61. The molecule has 0 aromatic heterocycles. The van der Waals surface area contributed by atoms with Crippen LogP contribution in [0.5, 0.6) is 0 Å². The minimum Gasteiger partial charge on any atom is -0.831 e. The smallest absolute Gasteiger partial charge is 0.831 e. The summed E-state index contributed by atoms with van der Waals surface area (Å²) in [6, 6.07) is 10.1. The first-order valence-corrected chi connectivity index (χ1v) is 6.58. The second-order valence-corrected chi connectivity index (χ2v) is 6.13. The molecule has 0 N–H and O–H groups in total. The summed E-state index contributed by atoms with van der Waals surface area (Å²) >= 11 is 0. The first-order valence-electron chi connectivity index (χ1n) is 5.17. The minimum absolute atomic E-state index is 0. The van der Waals surface area contributed by atoms with Gasteiger partial charge in [0.25, 0.3) is 0 Å². The maximum Gasteiger partial charge on any atom is 1.00 e. The summed E-state index contributed by atoms with van der Waals surface area (Å²) in [6.45, 7) is 0.656. The van der Waals surface area contributed by atoms with Gasteiger partial charge in [0, 0.05) is 6.61 Å². The molecular weight excluding hydrogens is 215 g/mol. The molecule has 1 unspecified atom stereocenters. The van der Waals surface area contributed by atoms with Crippen LogP contribution in [0.25, 0.3) is 0 Å². The van der Waals surface area contributed by atoms with Gasteiger partial charge >= 0.3 is 29.6 Å². The molecule has 4 heteroatoms. The van der Waals surface area contributed by atoms with Crippen molar-refractivity contribution in [1.82, 2.24) is 0 Å². The summed E-state index contributed by atoms with van der Waals surface area (Å²) in [7, 11) is -0.831. The quantitative estimate of drug-likeness (QED) is 0.499. The maximum absolute atomic E-state index is 12.1. The van der Waals surface area contributed by atoms with Crippen LogP contribution in [-0.4, -0.2) is 21.5 Å². The first kappa shape index (κ1) is 13.4. The van der Waals surface area contributed by atoms with E-state index in [0.29, 0.717) is 13.0 Å². The van der Waals surface area contributed by atoms with Crippen molar-refractivity contribution in [2.75, 3.05) is 6.61 Å². The Balaban J connectivity index is 0.00000112. The summed E-state index contributed by atoms with van der Waals surface area (Å²) in [6.07, 6.45) is 2.78. The van der Waals surface area contributed by atoms with Crippen molar-refractivity contribution in [3.63, 3.8) is 0 Å². The van der Waals surface area contributed by atoms with Crippen molar-refractivity contribution < 1.29 is 39.4 Å².